The number of benzene rings is 1. The molecule has 16 heavy (non-hydrogen) atoms. The molecule has 90 valence electrons. The maximum Gasteiger partial charge on any atom is 0.244 e. The zero-order valence-corrected chi connectivity index (χ0v) is 12.0. The van der Waals surface area contributed by atoms with Crippen molar-refractivity contribution in [1.82, 2.24) is 4.31 Å². The van der Waals surface area contributed by atoms with Gasteiger partial charge in [0.1, 0.15) is 0 Å². The second-order valence-electron chi connectivity index (χ2n) is 3.71. The molecule has 0 aliphatic heterocycles. The number of hydrogen-bond acceptors (Lipinski definition) is 2. The summed E-state index contributed by atoms with van der Waals surface area (Å²) < 4.78 is 26.5. The molecular formula is C11H16BrNO2S. The van der Waals surface area contributed by atoms with Crippen molar-refractivity contribution in [3.05, 3.63) is 28.7 Å². The van der Waals surface area contributed by atoms with E-state index in [1.807, 2.05) is 13.8 Å². The molecule has 0 N–H and O–H groups in total. The Hall–Kier alpha value is -0.390. The maximum atomic E-state index is 12.2. The quantitative estimate of drug-likeness (QED) is 0.858. The SMILES string of the molecule is CCC(C)N(C)S(=O)(=O)c1ccccc1Br. The standard InChI is InChI=1S/C11H16BrNO2S/c1-4-9(2)13(3)16(14,15)11-8-6-5-7-10(11)12/h5-9H,4H2,1-3H3. The van der Waals surface area contributed by atoms with Crippen molar-refractivity contribution < 1.29 is 8.42 Å². The van der Waals surface area contributed by atoms with Crippen molar-refractivity contribution in [2.75, 3.05) is 7.05 Å². The Morgan fingerprint density at radius 3 is 2.44 bits per heavy atom. The van der Waals surface area contributed by atoms with Gasteiger partial charge in [0.15, 0.2) is 0 Å². The molecule has 0 saturated carbocycles. The normalized spacial score (nSPS) is 14.1. The minimum Gasteiger partial charge on any atom is -0.207 e. The van der Waals surface area contributed by atoms with Gasteiger partial charge in [-0.1, -0.05) is 19.1 Å². The molecule has 0 aromatic heterocycles. The van der Waals surface area contributed by atoms with Crippen LogP contribution in [0.25, 0.3) is 0 Å². The Morgan fingerprint density at radius 2 is 1.94 bits per heavy atom. The predicted molar refractivity (Wildman–Crippen MR) is 68.8 cm³/mol. The lowest BCUT2D eigenvalue weighted by Crippen LogP contribution is -2.34. The van der Waals surface area contributed by atoms with E-state index in [2.05, 4.69) is 15.9 Å². The zero-order chi connectivity index (χ0) is 12.3. The summed E-state index contributed by atoms with van der Waals surface area (Å²) >= 11 is 3.27. The molecule has 5 heteroatoms. The molecule has 1 unspecified atom stereocenters. The summed E-state index contributed by atoms with van der Waals surface area (Å²) in [7, 11) is -1.78. The van der Waals surface area contributed by atoms with E-state index in [0.717, 1.165) is 6.42 Å². The monoisotopic (exact) mass is 305 g/mol. The Morgan fingerprint density at radius 1 is 1.38 bits per heavy atom. The van der Waals surface area contributed by atoms with Crippen LogP contribution in [-0.2, 0) is 10.0 Å². The van der Waals surface area contributed by atoms with Crippen molar-refractivity contribution >= 4 is 26.0 Å². The van der Waals surface area contributed by atoms with E-state index in [-0.39, 0.29) is 6.04 Å². The first kappa shape index (κ1) is 13.7. The van der Waals surface area contributed by atoms with Crippen LogP contribution >= 0.6 is 15.9 Å². The summed E-state index contributed by atoms with van der Waals surface area (Å²) in [5.74, 6) is 0. The van der Waals surface area contributed by atoms with Crippen LogP contribution in [0.15, 0.2) is 33.6 Å². The van der Waals surface area contributed by atoms with Gasteiger partial charge in [-0.2, -0.15) is 4.31 Å². The van der Waals surface area contributed by atoms with E-state index in [1.54, 1.807) is 31.3 Å². The highest BCUT2D eigenvalue weighted by molar-refractivity contribution is 9.10. The van der Waals surface area contributed by atoms with Gasteiger partial charge in [-0.05, 0) is 41.4 Å². The van der Waals surface area contributed by atoms with Crippen molar-refractivity contribution in [3.8, 4) is 0 Å². The second kappa shape index (κ2) is 5.29. The molecular weight excluding hydrogens is 290 g/mol. The highest BCUT2D eigenvalue weighted by atomic mass is 79.9. The van der Waals surface area contributed by atoms with Crippen molar-refractivity contribution in [1.29, 1.82) is 0 Å². The summed E-state index contributed by atoms with van der Waals surface area (Å²) in [4.78, 5) is 0.317. The number of nitrogens with zero attached hydrogens (tertiary/aromatic N) is 1. The first-order chi connectivity index (χ1) is 7.41. The van der Waals surface area contributed by atoms with E-state index < -0.39 is 10.0 Å². The molecule has 1 aromatic carbocycles. The van der Waals surface area contributed by atoms with Gasteiger partial charge in [0, 0.05) is 17.6 Å². The third kappa shape index (κ3) is 2.64. The van der Waals surface area contributed by atoms with E-state index >= 15 is 0 Å². The van der Waals surface area contributed by atoms with Gasteiger partial charge < -0.3 is 0 Å². The molecule has 1 atom stereocenters. The van der Waals surface area contributed by atoms with E-state index in [9.17, 15) is 8.42 Å². The summed E-state index contributed by atoms with van der Waals surface area (Å²) in [6.07, 6.45) is 0.792. The third-order valence-corrected chi connectivity index (χ3v) is 5.69. The van der Waals surface area contributed by atoms with Crippen LogP contribution in [-0.4, -0.2) is 25.8 Å². The molecule has 0 bridgehead atoms. The molecule has 1 rings (SSSR count). The number of sulfonamides is 1. The van der Waals surface area contributed by atoms with E-state index in [1.165, 1.54) is 4.31 Å². The van der Waals surface area contributed by atoms with Crippen molar-refractivity contribution in [2.24, 2.45) is 0 Å². The molecule has 0 fully saturated rings. The maximum absolute atomic E-state index is 12.2. The second-order valence-corrected chi connectivity index (χ2v) is 6.53. The fraction of sp³-hybridized carbons (Fsp3) is 0.455. The van der Waals surface area contributed by atoms with Crippen LogP contribution in [0.5, 0.6) is 0 Å². The van der Waals surface area contributed by atoms with Crippen LogP contribution < -0.4 is 0 Å². The van der Waals surface area contributed by atoms with Gasteiger partial charge in [-0.3, -0.25) is 0 Å². The summed E-state index contributed by atoms with van der Waals surface area (Å²) in [5.41, 5.74) is 0. The third-order valence-electron chi connectivity index (χ3n) is 2.71. The van der Waals surface area contributed by atoms with Gasteiger partial charge in [0.2, 0.25) is 10.0 Å². The molecule has 0 radical (unpaired) electrons. The van der Waals surface area contributed by atoms with Gasteiger partial charge in [0.05, 0.1) is 4.90 Å². The largest absolute Gasteiger partial charge is 0.244 e. The Kier molecular flexibility index (Phi) is 4.52. The lowest BCUT2D eigenvalue weighted by atomic mass is 10.3. The molecule has 0 aliphatic carbocycles. The van der Waals surface area contributed by atoms with Crippen molar-refractivity contribution in [3.63, 3.8) is 0 Å². The van der Waals surface area contributed by atoms with Gasteiger partial charge in [-0.25, -0.2) is 8.42 Å². The fourth-order valence-electron chi connectivity index (χ4n) is 1.30. The number of hydrogen-bond donors (Lipinski definition) is 0. The minimum atomic E-state index is -3.39. The van der Waals surface area contributed by atoms with Crippen LogP contribution in [0.3, 0.4) is 0 Å². The Balaban J connectivity index is 3.17. The Labute approximate surface area is 106 Å². The lowest BCUT2D eigenvalue weighted by Gasteiger charge is -2.23. The highest BCUT2D eigenvalue weighted by Gasteiger charge is 2.25. The van der Waals surface area contributed by atoms with Crippen molar-refractivity contribution in [2.45, 2.75) is 31.2 Å². The zero-order valence-electron chi connectivity index (χ0n) is 9.64. The first-order valence-corrected chi connectivity index (χ1v) is 7.37. The van der Waals surface area contributed by atoms with Gasteiger partial charge in [-0.15, -0.1) is 0 Å². The fourth-order valence-corrected chi connectivity index (χ4v) is 3.70. The summed E-state index contributed by atoms with van der Waals surface area (Å²) in [6.45, 7) is 3.87. The lowest BCUT2D eigenvalue weighted by molar-refractivity contribution is 0.380. The summed E-state index contributed by atoms with van der Waals surface area (Å²) in [6, 6.07) is 6.86. The molecule has 0 aliphatic rings. The molecule has 1 aromatic rings. The topological polar surface area (TPSA) is 37.4 Å². The van der Waals surface area contributed by atoms with Gasteiger partial charge in [0.25, 0.3) is 0 Å². The van der Waals surface area contributed by atoms with Crippen LogP contribution in [0.1, 0.15) is 20.3 Å². The summed E-state index contributed by atoms with van der Waals surface area (Å²) in [5, 5.41) is 0. The number of halogens is 1. The molecule has 0 heterocycles. The van der Waals surface area contributed by atoms with Crippen LogP contribution in [0, 0.1) is 0 Å². The minimum absolute atomic E-state index is 0.00268. The molecule has 0 spiro atoms. The molecule has 0 saturated heterocycles. The molecule has 0 amide bonds. The van der Waals surface area contributed by atoms with Crippen LogP contribution in [0.2, 0.25) is 0 Å². The van der Waals surface area contributed by atoms with E-state index in [4.69, 9.17) is 0 Å². The predicted octanol–water partition coefficient (Wildman–Crippen LogP) is 2.87. The highest BCUT2D eigenvalue weighted by Crippen LogP contribution is 2.25. The molecule has 3 nitrogen and oxygen atoms in total. The average molecular weight is 306 g/mol. The smallest absolute Gasteiger partial charge is 0.207 e. The van der Waals surface area contributed by atoms with Gasteiger partial charge >= 0.3 is 0 Å². The number of rotatable bonds is 4. The average Bonchev–Trinajstić information content (AvgIpc) is 2.27. The van der Waals surface area contributed by atoms with Crippen LogP contribution in [0.4, 0.5) is 0 Å². The first-order valence-electron chi connectivity index (χ1n) is 5.13. The van der Waals surface area contributed by atoms with E-state index in [0.29, 0.717) is 9.37 Å². The Bertz CT molecular complexity index is 459.